The maximum Gasteiger partial charge on any atom is 0.181 e. The lowest BCUT2D eigenvalue weighted by Gasteiger charge is -2.37. The number of phenolic OH excluding ortho intramolecular Hbond substituents is 1. The molecule has 0 saturated carbocycles. The van der Waals surface area contributed by atoms with Gasteiger partial charge in [0.15, 0.2) is 11.6 Å². The molecule has 3 aromatic heterocycles. The minimum Gasteiger partial charge on any atom is -0.508 e. The van der Waals surface area contributed by atoms with E-state index in [1.165, 1.54) is 0 Å². The molecule has 9 heteroatoms. The molecule has 0 amide bonds. The summed E-state index contributed by atoms with van der Waals surface area (Å²) < 4.78 is 0. The lowest BCUT2D eigenvalue weighted by Crippen LogP contribution is -2.49. The number of para-hydroxylation sites is 1. The van der Waals surface area contributed by atoms with Gasteiger partial charge in [-0.05, 0) is 85.5 Å². The number of ketones is 1. The van der Waals surface area contributed by atoms with Crippen LogP contribution in [0.1, 0.15) is 48.1 Å². The van der Waals surface area contributed by atoms with Crippen molar-refractivity contribution in [3.05, 3.63) is 101 Å². The number of imidazole rings is 1. The number of carbonyl (C=O) groups is 1. The highest BCUT2D eigenvalue weighted by atomic mass is 16.3. The number of hydrogen-bond donors (Lipinski definition) is 3. The Morgan fingerprint density at radius 2 is 1.82 bits per heavy atom. The van der Waals surface area contributed by atoms with E-state index >= 15 is 0 Å². The van der Waals surface area contributed by atoms with Gasteiger partial charge in [-0.25, -0.2) is 9.97 Å². The van der Waals surface area contributed by atoms with Crippen molar-refractivity contribution >= 4 is 44.2 Å². The number of H-pyrrole nitrogens is 2. The van der Waals surface area contributed by atoms with Gasteiger partial charge in [-0.2, -0.15) is 5.10 Å². The maximum atomic E-state index is 14.7. The fraction of sp³-hybridized carbons (Fsp3) is 0.250. The number of nitrogens with zero attached hydrogens (tertiary/aromatic N) is 5. The van der Waals surface area contributed by atoms with Crippen molar-refractivity contribution in [2.75, 3.05) is 19.0 Å². The van der Waals surface area contributed by atoms with Crippen LogP contribution in [-0.4, -0.2) is 67.1 Å². The number of anilines is 1. The first-order chi connectivity index (χ1) is 23.7. The number of carbonyl (C=O) groups excluding carboxylic acids is 1. The Labute approximate surface area is 284 Å². The van der Waals surface area contributed by atoms with Crippen molar-refractivity contribution in [2.45, 2.75) is 52.2 Å². The molecule has 4 heterocycles. The molecule has 246 valence electrons. The van der Waals surface area contributed by atoms with E-state index < -0.39 is 0 Å². The standard InChI is InChI=1S/C40H39N7O2/c1-6-23-15-27(48)12-14-28(23)24-11-13-29-34(17-24)44-45-38(29)40-42-35-20-37(47(22(2)3)21-36(35)43-40)39(49)31-18-26(46(4)5)19-33-30(31)16-25-9-7-8-10-32(25)41-33/h7-19,22,37,48H,6,20-21H2,1-5H3,(H,42,43)(H,44,45)/t37-/m0/s1. The van der Waals surface area contributed by atoms with E-state index in [2.05, 4.69) is 66.1 Å². The Kier molecular flexibility index (Phi) is 7.45. The summed E-state index contributed by atoms with van der Waals surface area (Å²) in [5, 5.41) is 20.7. The van der Waals surface area contributed by atoms with Gasteiger partial charge in [-0.3, -0.25) is 14.8 Å². The number of aryl methyl sites for hydroxylation is 1. The highest BCUT2D eigenvalue weighted by molar-refractivity contribution is 6.13. The van der Waals surface area contributed by atoms with Crippen LogP contribution in [0, 0.1) is 0 Å². The Hall–Kier alpha value is -5.54. The smallest absolute Gasteiger partial charge is 0.181 e. The molecule has 0 saturated heterocycles. The molecule has 0 spiro atoms. The number of nitrogens with one attached hydrogen (secondary N) is 2. The Morgan fingerprint density at radius 1 is 0.980 bits per heavy atom. The van der Waals surface area contributed by atoms with Gasteiger partial charge >= 0.3 is 0 Å². The number of phenols is 1. The summed E-state index contributed by atoms with van der Waals surface area (Å²) in [5.74, 6) is 1.04. The summed E-state index contributed by atoms with van der Waals surface area (Å²) in [7, 11) is 3.98. The summed E-state index contributed by atoms with van der Waals surface area (Å²) in [6.07, 6.45) is 1.31. The van der Waals surface area contributed by atoms with E-state index in [1.54, 1.807) is 6.07 Å². The van der Waals surface area contributed by atoms with Gasteiger partial charge in [-0.15, -0.1) is 0 Å². The van der Waals surface area contributed by atoms with Gasteiger partial charge in [0.2, 0.25) is 0 Å². The first-order valence-electron chi connectivity index (χ1n) is 16.9. The highest BCUT2D eigenvalue weighted by Gasteiger charge is 2.36. The van der Waals surface area contributed by atoms with Gasteiger partial charge in [-0.1, -0.05) is 37.3 Å². The number of aromatic hydroxyl groups is 1. The summed E-state index contributed by atoms with van der Waals surface area (Å²) in [6.45, 7) is 6.95. The average Bonchev–Trinajstić information content (AvgIpc) is 3.72. The number of rotatable bonds is 7. The molecule has 0 radical (unpaired) electrons. The molecule has 1 aliphatic heterocycles. The second-order valence-corrected chi connectivity index (χ2v) is 13.5. The van der Waals surface area contributed by atoms with Crippen molar-refractivity contribution in [2.24, 2.45) is 0 Å². The molecule has 0 aliphatic carbocycles. The quantitative estimate of drug-likeness (QED) is 0.120. The predicted octanol–water partition coefficient (Wildman–Crippen LogP) is 7.67. The van der Waals surface area contributed by atoms with Crippen molar-refractivity contribution in [3.8, 4) is 28.4 Å². The molecule has 0 bridgehead atoms. The number of aromatic amines is 2. The van der Waals surface area contributed by atoms with E-state index in [0.29, 0.717) is 24.4 Å². The highest BCUT2D eigenvalue weighted by Crippen LogP contribution is 2.35. The van der Waals surface area contributed by atoms with Gasteiger partial charge in [0, 0.05) is 60.5 Å². The zero-order valence-corrected chi connectivity index (χ0v) is 28.4. The summed E-state index contributed by atoms with van der Waals surface area (Å²) in [6, 6.07) is 25.7. The zero-order valence-electron chi connectivity index (χ0n) is 28.4. The molecular weight excluding hydrogens is 610 g/mol. The summed E-state index contributed by atoms with van der Waals surface area (Å²) in [4.78, 5) is 32.6. The normalized spacial score (nSPS) is 15.0. The monoisotopic (exact) mass is 649 g/mol. The summed E-state index contributed by atoms with van der Waals surface area (Å²) >= 11 is 0. The van der Waals surface area contributed by atoms with Crippen LogP contribution in [0.4, 0.5) is 5.69 Å². The molecule has 1 aliphatic rings. The summed E-state index contributed by atoms with van der Waals surface area (Å²) in [5.41, 5.74) is 10.1. The fourth-order valence-corrected chi connectivity index (χ4v) is 7.26. The molecular formula is C40H39N7O2. The van der Waals surface area contributed by atoms with Gasteiger partial charge in [0.25, 0.3) is 0 Å². The number of Topliss-reactive ketones (excluding diaryl/α,β-unsaturated/α-hetero) is 1. The van der Waals surface area contributed by atoms with Gasteiger partial charge in [0.05, 0.1) is 34.0 Å². The van der Waals surface area contributed by atoms with Crippen LogP contribution in [0.2, 0.25) is 0 Å². The molecule has 8 rings (SSSR count). The zero-order chi connectivity index (χ0) is 34.0. The van der Waals surface area contributed by atoms with Crippen LogP contribution in [-0.2, 0) is 19.4 Å². The second kappa shape index (κ2) is 11.9. The minimum atomic E-state index is -0.382. The van der Waals surface area contributed by atoms with E-state index in [1.807, 2.05) is 61.5 Å². The molecule has 0 fully saturated rings. The molecule has 1 atom stereocenters. The minimum absolute atomic E-state index is 0.0770. The van der Waals surface area contributed by atoms with Crippen molar-refractivity contribution in [1.82, 2.24) is 30.0 Å². The van der Waals surface area contributed by atoms with Crippen molar-refractivity contribution < 1.29 is 9.90 Å². The van der Waals surface area contributed by atoms with Crippen LogP contribution in [0.25, 0.3) is 55.4 Å². The van der Waals surface area contributed by atoms with Crippen molar-refractivity contribution in [1.29, 1.82) is 0 Å². The number of aromatic nitrogens is 5. The maximum absolute atomic E-state index is 14.7. The third-order valence-electron chi connectivity index (χ3n) is 9.93. The van der Waals surface area contributed by atoms with E-state index in [-0.39, 0.29) is 23.6 Å². The largest absolute Gasteiger partial charge is 0.508 e. The molecule has 4 aromatic carbocycles. The first kappa shape index (κ1) is 30.8. The van der Waals surface area contributed by atoms with E-state index in [4.69, 9.17) is 15.1 Å². The van der Waals surface area contributed by atoms with E-state index in [0.717, 1.165) is 78.6 Å². The number of pyridine rings is 1. The molecule has 9 nitrogen and oxygen atoms in total. The fourth-order valence-electron chi connectivity index (χ4n) is 7.26. The lowest BCUT2D eigenvalue weighted by molar-refractivity contribution is 0.0709. The van der Waals surface area contributed by atoms with Crippen LogP contribution in [0.3, 0.4) is 0 Å². The Morgan fingerprint density at radius 3 is 2.61 bits per heavy atom. The van der Waals surface area contributed by atoms with Crippen LogP contribution < -0.4 is 4.90 Å². The van der Waals surface area contributed by atoms with Crippen molar-refractivity contribution in [3.63, 3.8) is 0 Å². The third kappa shape index (κ3) is 5.31. The van der Waals surface area contributed by atoms with Gasteiger partial charge < -0.3 is 15.0 Å². The average molecular weight is 650 g/mol. The van der Waals surface area contributed by atoms with E-state index in [9.17, 15) is 9.90 Å². The van der Waals surface area contributed by atoms with Crippen LogP contribution in [0.15, 0.2) is 78.9 Å². The SMILES string of the molecule is CCc1cc(O)ccc1-c1ccc2c(-c3nc4c([nH]3)CN(C(C)C)[C@H](C(=O)c3cc(N(C)C)cc5nc6ccccc6cc35)C4)n[nH]c2c1. The molecule has 0 unspecified atom stereocenters. The molecule has 3 N–H and O–H groups in total. The molecule has 7 aromatic rings. The molecule has 49 heavy (non-hydrogen) atoms. The first-order valence-corrected chi connectivity index (χ1v) is 16.9. The van der Waals surface area contributed by atoms with Gasteiger partial charge in [0.1, 0.15) is 11.4 Å². The Balaban J connectivity index is 1.16. The third-order valence-corrected chi connectivity index (χ3v) is 9.93. The lowest BCUT2D eigenvalue weighted by atomic mass is 9.91. The number of fused-ring (bicyclic) bond motifs is 4. The topological polar surface area (TPSA) is 114 Å². The van der Waals surface area contributed by atoms with Crippen LogP contribution >= 0.6 is 0 Å². The predicted molar refractivity (Wildman–Crippen MR) is 196 cm³/mol. The Bertz CT molecular complexity index is 2400. The number of hydrogen-bond acceptors (Lipinski definition) is 7. The van der Waals surface area contributed by atoms with Crippen LogP contribution in [0.5, 0.6) is 5.75 Å². The number of benzene rings is 4. The second-order valence-electron chi connectivity index (χ2n) is 13.5.